The molecule has 1 aromatic heterocycles. The Balaban J connectivity index is 1.41. The molecule has 1 aliphatic rings. The highest BCUT2D eigenvalue weighted by Gasteiger charge is 2.27. The van der Waals surface area contributed by atoms with Crippen LogP contribution < -0.4 is 10.2 Å². The third kappa shape index (κ3) is 3.54. The zero-order valence-electron chi connectivity index (χ0n) is 15.1. The molecule has 0 saturated carbocycles. The van der Waals surface area contributed by atoms with Crippen molar-refractivity contribution in [2.24, 2.45) is 0 Å². The monoisotopic (exact) mass is 344 g/mol. The summed E-state index contributed by atoms with van der Waals surface area (Å²) in [5, 5.41) is 3.44. The highest BCUT2D eigenvalue weighted by atomic mass is 15.2. The maximum Gasteiger partial charge on any atom is 0.138 e. The summed E-state index contributed by atoms with van der Waals surface area (Å²) in [5.41, 5.74) is 4.02. The van der Waals surface area contributed by atoms with Crippen molar-refractivity contribution < 1.29 is 0 Å². The van der Waals surface area contributed by atoms with E-state index < -0.39 is 0 Å². The normalized spacial score (nSPS) is 15.7. The first kappa shape index (κ1) is 16.6. The molecular weight excluding hydrogens is 320 g/mol. The van der Waals surface area contributed by atoms with E-state index in [4.69, 9.17) is 0 Å². The van der Waals surface area contributed by atoms with Crippen molar-refractivity contribution in [3.05, 3.63) is 78.1 Å². The number of benzene rings is 2. The molecule has 1 unspecified atom stereocenters. The van der Waals surface area contributed by atoms with Gasteiger partial charge < -0.3 is 10.2 Å². The van der Waals surface area contributed by atoms with Crippen LogP contribution in [-0.2, 0) is 12.8 Å². The van der Waals surface area contributed by atoms with Gasteiger partial charge in [-0.25, -0.2) is 9.97 Å². The Bertz CT molecular complexity index is 863. The van der Waals surface area contributed by atoms with Gasteiger partial charge in [0.25, 0.3) is 0 Å². The molecule has 0 spiro atoms. The maximum atomic E-state index is 4.52. The van der Waals surface area contributed by atoms with Crippen LogP contribution in [0.1, 0.15) is 24.5 Å². The lowest BCUT2D eigenvalue weighted by molar-refractivity contribution is 0.749. The number of hydrogen-bond acceptors (Lipinski definition) is 4. The zero-order valence-corrected chi connectivity index (χ0v) is 15.1. The van der Waals surface area contributed by atoms with Crippen molar-refractivity contribution in [1.29, 1.82) is 0 Å². The Morgan fingerprint density at radius 1 is 1.04 bits per heavy atom. The number of nitrogens with zero attached hydrogens (tertiary/aromatic N) is 3. The van der Waals surface area contributed by atoms with Crippen LogP contribution in [-0.4, -0.2) is 22.6 Å². The minimum absolute atomic E-state index is 0.410. The summed E-state index contributed by atoms with van der Waals surface area (Å²) in [7, 11) is 0. The van der Waals surface area contributed by atoms with Crippen molar-refractivity contribution in [2.45, 2.75) is 32.2 Å². The molecule has 0 aliphatic carbocycles. The summed E-state index contributed by atoms with van der Waals surface area (Å²) in [5.74, 6) is 1.85. The second-order valence-corrected chi connectivity index (χ2v) is 6.83. The largest absolute Gasteiger partial charge is 0.370 e. The van der Waals surface area contributed by atoms with Crippen LogP contribution in [0.15, 0.2) is 67.0 Å². The van der Waals surface area contributed by atoms with Crippen molar-refractivity contribution >= 4 is 17.3 Å². The van der Waals surface area contributed by atoms with E-state index in [0.717, 1.165) is 37.4 Å². The maximum absolute atomic E-state index is 4.52. The Kier molecular flexibility index (Phi) is 4.82. The average Bonchev–Trinajstić information content (AvgIpc) is 3.02. The van der Waals surface area contributed by atoms with Gasteiger partial charge in [0.15, 0.2) is 0 Å². The van der Waals surface area contributed by atoms with Crippen molar-refractivity contribution in [3.63, 3.8) is 0 Å². The number of anilines is 3. The smallest absolute Gasteiger partial charge is 0.138 e. The van der Waals surface area contributed by atoms with Gasteiger partial charge in [0.1, 0.15) is 18.0 Å². The van der Waals surface area contributed by atoms with Gasteiger partial charge in [-0.3, -0.25) is 0 Å². The standard InChI is InChI=1S/C22H24N4/c1-17-14-19-11-5-6-12-20(19)26(17)22-15-21(24-16-25-22)23-13-7-10-18-8-3-2-4-9-18/h2-6,8-9,11-12,15-17H,7,10,13-14H2,1H3,(H,23,24,25). The summed E-state index contributed by atoms with van der Waals surface area (Å²) in [6.07, 6.45) is 4.86. The van der Waals surface area contributed by atoms with E-state index in [1.807, 2.05) is 0 Å². The Morgan fingerprint density at radius 3 is 2.73 bits per heavy atom. The van der Waals surface area contributed by atoms with Crippen LogP contribution >= 0.6 is 0 Å². The summed E-state index contributed by atoms with van der Waals surface area (Å²) < 4.78 is 0. The average molecular weight is 344 g/mol. The molecule has 0 fully saturated rings. The number of para-hydroxylation sites is 1. The molecule has 3 aromatic rings. The highest BCUT2D eigenvalue weighted by Crippen LogP contribution is 2.37. The number of nitrogens with one attached hydrogen (secondary N) is 1. The number of aryl methyl sites for hydroxylation is 1. The number of rotatable bonds is 6. The van der Waals surface area contributed by atoms with Gasteiger partial charge in [0, 0.05) is 24.3 Å². The first-order chi connectivity index (χ1) is 12.8. The van der Waals surface area contributed by atoms with Crippen LogP contribution in [0.3, 0.4) is 0 Å². The predicted octanol–water partition coefficient (Wildman–Crippen LogP) is 4.60. The molecule has 132 valence electrons. The molecule has 26 heavy (non-hydrogen) atoms. The number of fused-ring (bicyclic) bond motifs is 1. The minimum atomic E-state index is 0.410. The Hall–Kier alpha value is -2.88. The number of aromatic nitrogens is 2. The fraction of sp³-hybridized carbons (Fsp3) is 0.273. The van der Waals surface area contributed by atoms with Gasteiger partial charge in [-0.15, -0.1) is 0 Å². The van der Waals surface area contributed by atoms with E-state index in [1.165, 1.54) is 16.8 Å². The van der Waals surface area contributed by atoms with Gasteiger partial charge in [-0.05, 0) is 43.4 Å². The van der Waals surface area contributed by atoms with Crippen LogP contribution in [0.2, 0.25) is 0 Å². The van der Waals surface area contributed by atoms with Gasteiger partial charge in [-0.2, -0.15) is 0 Å². The molecule has 1 aliphatic heterocycles. The molecule has 1 N–H and O–H groups in total. The molecule has 0 saturated heterocycles. The first-order valence-corrected chi connectivity index (χ1v) is 9.28. The van der Waals surface area contributed by atoms with Gasteiger partial charge in [0.05, 0.1) is 0 Å². The van der Waals surface area contributed by atoms with E-state index in [9.17, 15) is 0 Å². The quantitative estimate of drug-likeness (QED) is 0.663. The van der Waals surface area contributed by atoms with Crippen LogP contribution in [0.5, 0.6) is 0 Å². The van der Waals surface area contributed by atoms with Gasteiger partial charge in [-0.1, -0.05) is 48.5 Å². The molecule has 2 heterocycles. The SMILES string of the molecule is CC1Cc2ccccc2N1c1cc(NCCCc2ccccc2)ncn1. The molecular formula is C22H24N4. The van der Waals surface area contributed by atoms with E-state index in [2.05, 4.69) is 87.8 Å². The van der Waals surface area contributed by atoms with Crippen LogP contribution in [0.4, 0.5) is 17.3 Å². The topological polar surface area (TPSA) is 41.0 Å². The summed E-state index contributed by atoms with van der Waals surface area (Å²) in [6.45, 7) is 3.15. The van der Waals surface area contributed by atoms with Crippen LogP contribution in [0.25, 0.3) is 0 Å². The van der Waals surface area contributed by atoms with E-state index in [-0.39, 0.29) is 0 Å². The molecule has 0 radical (unpaired) electrons. The van der Waals surface area contributed by atoms with E-state index >= 15 is 0 Å². The highest BCUT2D eigenvalue weighted by molar-refractivity contribution is 5.69. The van der Waals surface area contributed by atoms with Crippen molar-refractivity contribution in [3.8, 4) is 0 Å². The molecule has 0 amide bonds. The Morgan fingerprint density at radius 2 is 1.85 bits per heavy atom. The zero-order chi connectivity index (χ0) is 17.8. The third-order valence-electron chi connectivity index (χ3n) is 4.90. The molecule has 2 aromatic carbocycles. The van der Waals surface area contributed by atoms with E-state index in [0.29, 0.717) is 6.04 Å². The number of hydrogen-bond donors (Lipinski definition) is 1. The predicted molar refractivity (Wildman–Crippen MR) is 107 cm³/mol. The lowest BCUT2D eigenvalue weighted by atomic mass is 10.1. The summed E-state index contributed by atoms with van der Waals surface area (Å²) in [4.78, 5) is 11.2. The summed E-state index contributed by atoms with van der Waals surface area (Å²) in [6, 6.07) is 21.6. The lowest BCUT2D eigenvalue weighted by Gasteiger charge is -2.24. The lowest BCUT2D eigenvalue weighted by Crippen LogP contribution is -2.25. The fourth-order valence-electron chi connectivity index (χ4n) is 3.64. The van der Waals surface area contributed by atoms with Crippen molar-refractivity contribution in [1.82, 2.24) is 9.97 Å². The molecule has 1 atom stereocenters. The molecule has 4 nitrogen and oxygen atoms in total. The fourth-order valence-corrected chi connectivity index (χ4v) is 3.64. The molecule has 4 heteroatoms. The first-order valence-electron chi connectivity index (χ1n) is 9.28. The minimum Gasteiger partial charge on any atom is -0.370 e. The van der Waals surface area contributed by atoms with Crippen molar-refractivity contribution in [2.75, 3.05) is 16.8 Å². The van der Waals surface area contributed by atoms with Crippen LogP contribution in [0, 0.1) is 0 Å². The summed E-state index contributed by atoms with van der Waals surface area (Å²) >= 11 is 0. The second-order valence-electron chi connectivity index (χ2n) is 6.83. The Labute approximate surface area is 154 Å². The second kappa shape index (κ2) is 7.56. The van der Waals surface area contributed by atoms with Gasteiger partial charge in [0.2, 0.25) is 0 Å². The molecule has 4 rings (SSSR count). The van der Waals surface area contributed by atoms with E-state index in [1.54, 1.807) is 6.33 Å². The van der Waals surface area contributed by atoms with Gasteiger partial charge >= 0.3 is 0 Å². The molecule has 0 bridgehead atoms. The third-order valence-corrected chi connectivity index (χ3v) is 4.90.